The summed E-state index contributed by atoms with van der Waals surface area (Å²) in [6.07, 6.45) is 4.92. The Morgan fingerprint density at radius 1 is 1.12 bits per heavy atom. The molecule has 0 atom stereocenters. The largest absolute Gasteiger partial charge is 0.423 e. The predicted molar refractivity (Wildman–Crippen MR) is 91.8 cm³/mol. The molecule has 0 spiro atoms. The number of anilines is 2. The van der Waals surface area contributed by atoms with Crippen molar-refractivity contribution in [3.05, 3.63) is 48.8 Å². The van der Waals surface area contributed by atoms with E-state index in [1.807, 2.05) is 24.3 Å². The molecule has 3 aromatic rings. The van der Waals surface area contributed by atoms with Gasteiger partial charge in [0.2, 0.25) is 5.91 Å². The lowest BCUT2D eigenvalue weighted by Gasteiger charge is -2.30. The van der Waals surface area contributed by atoms with E-state index in [0.717, 1.165) is 42.7 Å². The summed E-state index contributed by atoms with van der Waals surface area (Å²) >= 11 is 0. The first-order valence-corrected chi connectivity index (χ1v) is 8.11. The van der Waals surface area contributed by atoms with Gasteiger partial charge in [-0.1, -0.05) is 12.1 Å². The van der Waals surface area contributed by atoms with Gasteiger partial charge in [-0.2, -0.15) is 4.98 Å². The van der Waals surface area contributed by atoms with Gasteiger partial charge in [0.25, 0.3) is 6.01 Å². The fourth-order valence-corrected chi connectivity index (χ4v) is 3.01. The summed E-state index contributed by atoms with van der Waals surface area (Å²) < 4.78 is 5.81. The van der Waals surface area contributed by atoms with Crippen LogP contribution in [-0.4, -0.2) is 29.0 Å². The average Bonchev–Trinajstić information content (AvgIpc) is 3.07. The number of hydrogen-bond acceptors (Lipinski definition) is 5. The molecule has 6 heteroatoms. The first-order chi connectivity index (χ1) is 11.8. The smallest absolute Gasteiger partial charge is 0.298 e. The summed E-state index contributed by atoms with van der Waals surface area (Å²) in [5.41, 5.74) is 2.45. The molecule has 1 N–H and O–H groups in total. The Labute approximate surface area is 139 Å². The van der Waals surface area contributed by atoms with Crippen LogP contribution in [0.3, 0.4) is 0 Å². The molecule has 0 bridgehead atoms. The van der Waals surface area contributed by atoms with Crippen LogP contribution in [0.15, 0.2) is 53.2 Å². The normalized spacial score (nSPS) is 15.6. The predicted octanol–water partition coefficient (Wildman–Crippen LogP) is 3.08. The van der Waals surface area contributed by atoms with Crippen molar-refractivity contribution >= 4 is 28.7 Å². The minimum absolute atomic E-state index is 0.0128. The summed E-state index contributed by atoms with van der Waals surface area (Å²) in [7, 11) is 0. The average molecular weight is 322 g/mol. The number of amides is 1. The zero-order valence-corrected chi connectivity index (χ0v) is 13.2. The lowest BCUT2D eigenvalue weighted by atomic mass is 9.96. The van der Waals surface area contributed by atoms with E-state index in [1.165, 1.54) is 0 Å². The molecule has 1 aromatic carbocycles. The number of pyridine rings is 1. The van der Waals surface area contributed by atoms with Crippen molar-refractivity contribution in [1.29, 1.82) is 0 Å². The summed E-state index contributed by atoms with van der Waals surface area (Å²) in [5, 5.41) is 2.95. The second-order valence-corrected chi connectivity index (χ2v) is 5.95. The number of carbonyl (C=O) groups excluding carboxylic acids is 1. The second kappa shape index (κ2) is 6.31. The maximum atomic E-state index is 12.4. The highest BCUT2D eigenvalue weighted by atomic mass is 16.4. The van der Waals surface area contributed by atoms with Crippen molar-refractivity contribution in [2.75, 3.05) is 23.3 Å². The highest BCUT2D eigenvalue weighted by Gasteiger charge is 2.27. The highest BCUT2D eigenvalue weighted by Crippen LogP contribution is 2.26. The van der Waals surface area contributed by atoms with Gasteiger partial charge in [0, 0.05) is 37.1 Å². The number of aromatic nitrogens is 2. The Morgan fingerprint density at radius 2 is 1.88 bits per heavy atom. The Balaban J connectivity index is 1.38. The summed E-state index contributed by atoms with van der Waals surface area (Å²) in [5.74, 6) is 0.0807. The van der Waals surface area contributed by atoms with Gasteiger partial charge in [-0.15, -0.1) is 0 Å². The molecular formula is C18H18N4O2. The number of oxazole rings is 1. The third-order valence-corrected chi connectivity index (χ3v) is 4.37. The van der Waals surface area contributed by atoms with E-state index in [0.29, 0.717) is 6.01 Å². The van der Waals surface area contributed by atoms with Gasteiger partial charge in [0.1, 0.15) is 5.52 Å². The van der Waals surface area contributed by atoms with Crippen LogP contribution in [-0.2, 0) is 4.79 Å². The van der Waals surface area contributed by atoms with Gasteiger partial charge in [-0.3, -0.25) is 9.78 Å². The quantitative estimate of drug-likeness (QED) is 0.802. The first kappa shape index (κ1) is 14.7. The molecule has 4 rings (SSSR count). The number of carbonyl (C=O) groups is 1. The number of benzene rings is 1. The monoisotopic (exact) mass is 322 g/mol. The van der Waals surface area contributed by atoms with E-state index in [2.05, 4.69) is 20.2 Å². The van der Waals surface area contributed by atoms with Crippen molar-refractivity contribution in [2.45, 2.75) is 12.8 Å². The van der Waals surface area contributed by atoms with Crippen LogP contribution in [0.25, 0.3) is 11.1 Å². The van der Waals surface area contributed by atoms with Crippen molar-refractivity contribution in [3.8, 4) is 0 Å². The molecule has 1 aliphatic heterocycles. The van der Waals surface area contributed by atoms with Gasteiger partial charge < -0.3 is 14.6 Å². The lowest BCUT2D eigenvalue weighted by Crippen LogP contribution is -2.38. The Hall–Kier alpha value is -2.89. The molecule has 6 nitrogen and oxygen atoms in total. The summed E-state index contributed by atoms with van der Waals surface area (Å²) in [4.78, 5) is 22.9. The molecule has 2 aromatic heterocycles. The van der Waals surface area contributed by atoms with Gasteiger partial charge in [-0.05, 0) is 37.1 Å². The number of nitrogens with one attached hydrogen (secondary N) is 1. The number of fused-ring (bicyclic) bond motifs is 1. The molecule has 24 heavy (non-hydrogen) atoms. The Morgan fingerprint density at radius 3 is 2.62 bits per heavy atom. The van der Waals surface area contributed by atoms with Gasteiger partial charge in [-0.25, -0.2) is 0 Å². The molecule has 1 saturated heterocycles. The summed E-state index contributed by atoms with van der Waals surface area (Å²) in [6, 6.07) is 12.0. The van der Waals surface area contributed by atoms with Crippen LogP contribution < -0.4 is 10.2 Å². The number of para-hydroxylation sites is 2. The molecule has 1 fully saturated rings. The molecular weight excluding hydrogens is 304 g/mol. The van der Waals surface area contributed by atoms with Crippen molar-refractivity contribution in [1.82, 2.24) is 9.97 Å². The number of rotatable bonds is 3. The van der Waals surface area contributed by atoms with Crippen LogP contribution in [0.5, 0.6) is 0 Å². The van der Waals surface area contributed by atoms with Gasteiger partial charge in [0.15, 0.2) is 5.58 Å². The van der Waals surface area contributed by atoms with Crippen LogP contribution in [0.2, 0.25) is 0 Å². The zero-order valence-electron chi connectivity index (χ0n) is 13.2. The number of nitrogens with zero attached hydrogens (tertiary/aromatic N) is 3. The third kappa shape index (κ3) is 2.95. The molecule has 0 aliphatic carbocycles. The van der Waals surface area contributed by atoms with Crippen LogP contribution >= 0.6 is 0 Å². The lowest BCUT2D eigenvalue weighted by molar-refractivity contribution is -0.120. The van der Waals surface area contributed by atoms with E-state index in [4.69, 9.17) is 4.42 Å². The SMILES string of the molecule is O=C(Nc1ccncc1)C1CCN(c2nc3ccccc3o2)CC1. The summed E-state index contributed by atoms with van der Waals surface area (Å²) in [6.45, 7) is 1.53. The molecule has 1 amide bonds. The number of hydrogen-bond donors (Lipinski definition) is 1. The van der Waals surface area contributed by atoms with Crippen molar-refractivity contribution in [3.63, 3.8) is 0 Å². The fraction of sp³-hybridized carbons (Fsp3) is 0.278. The molecule has 1 aliphatic rings. The van der Waals surface area contributed by atoms with E-state index in [1.54, 1.807) is 24.5 Å². The molecule has 3 heterocycles. The fourth-order valence-electron chi connectivity index (χ4n) is 3.01. The van der Waals surface area contributed by atoms with E-state index < -0.39 is 0 Å². The topological polar surface area (TPSA) is 71.3 Å². The standard InChI is InChI=1S/C18H18N4O2/c23-17(20-14-5-9-19-10-6-14)13-7-11-22(12-8-13)18-21-15-3-1-2-4-16(15)24-18/h1-6,9-10,13H,7-8,11-12H2,(H,19,20,23). The van der Waals surface area contributed by atoms with Gasteiger partial charge in [0.05, 0.1) is 0 Å². The van der Waals surface area contributed by atoms with Crippen LogP contribution in [0.4, 0.5) is 11.7 Å². The molecule has 0 saturated carbocycles. The Bertz CT molecular complexity index is 805. The van der Waals surface area contributed by atoms with E-state index in [9.17, 15) is 4.79 Å². The Kier molecular flexibility index (Phi) is 3.86. The minimum atomic E-state index is 0.0128. The minimum Gasteiger partial charge on any atom is -0.423 e. The zero-order chi connectivity index (χ0) is 16.4. The van der Waals surface area contributed by atoms with Gasteiger partial charge >= 0.3 is 0 Å². The maximum absolute atomic E-state index is 12.4. The maximum Gasteiger partial charge on any atom is 0.298 e. The third-order valence-electron chi connectivity index (χ3n) is 4.37. The van der Waals surface area contributed by atoms with Crippen LogP contribution in [0, 0.1) is 5.92 Å². The second-order valence-electron chi connectivity index (χ2n) is 5.95. The first-order valence-electron chi connectivity index (χ1n) is 8.11. The van der Waals surface area contributed by atoms with Crippen LogP contribution in [0.1, 0.15) is 12.8 Å². The van der Waals surface area contributed by atoms with E-state index in [-0.39, 0.29) is 11.8 Å². The molecule has 0 unspecified atom stereocenters. The van der Waals surface area contributed by atoms with Crippen molar-refractivity contribution < 1.29 is 9.21 Å². The highest BCUT2D eigenvalue weighted by molar-refractivity contribution is 5.92. The molecule has 122 valence electrons. The molecule has 0 radical (unpaired) electrons. The van der Waals surface area contributed by atoms with E-state index >= 15 is 0 Å². The van der Waals surface area contributed by atoms with Crippen molar-refractivity contribution in [2.24, 2.45) is 5.92 Å². The number of piperidine rings is 1.